The third-order valence-electron chi connectivity index (χ3n) is 5.42. The Morgan fingerprint density at radius 3 is 2.76 bits per heavy atom. The first-order valence-corrected chi connectivity index (χ1v) is 10.8. The van der Waals surface area contributed by atoms with Gasteiger partial charge in [-0.25, -0.2) is 4.79 Å². The van der Waals surface area contributed by atoms with Gasteiger partial charge in [0.2, 0.25) is 11.8 Å². The summed E-state index contributed by atoms with van der Waals surface area (Å²) >= 11 is 0. The van der Waals surface area contributed by atoms with E-state index >= 15 is 0 Å². The number of carbonyl (C=O) groups is 3. The molecule has 0 radical (unpaired) electrons. The summed E-state index contributed by atoms with van der Waals surface area (Å²) in [6, 6.07) is 9.33. The molecule has 0 saturated carbocycles. The summed E-state index contributed by atoms with van der Waals surface area (Å²) in [7, 11) is 1.66. The molecule has 9 heteroatoms. The molecule has 0 aliphatic carbocycles. The molecule has 2 aromatic carbocycles. The average molecular weight is 453 g/mol. The maximum Gasteiger partial charge on any atom is 0.410 e. The van der Waals surface area contributed by atoms with Crippen molar-refractivity contribution in [3.05, 3.63) is 36.0 Å². The predicted molar refractivity (Wildman–Crippen MR) is 121 cm³/mol. The van der Waals surface area contributed by atoms with E-state index in [-0.39, 0.29) is 18.2 Å². The van der Waals surface area contributed by atoms with Gasteiger partial charge in [-0.2, -0.15) is 0 Å². The molecule has 1 fully saturated rings. The molecule has 4 rings (SSSR count). The van der Waals surface area contributed by atoms with Crippen molar-refractivity contribution in [2.45, 2.75) is 45.1 Å². The molecule has 2 heterocycles. The molecule has 174 valence electrons. The van der Waals surface area contributed by atoms with Crippen LogP contribution >= 0.6 is 0 Å². The van der Waals surface area contributed by atoms with Gasteiger partial charge in [-0.15, -0.1) is 0 Å². The highest BCUT2D eigenvalue weighted by Crippen LogP contribution is 2.36. The highest BCUT2D eigenvalue weighted by molar-refractivity contribution is 6.10. The van der Waals surface area contributed by atoms with Crippen LogP contribution in [0.3, 0.4) is 0 Å². The SMILES string of the molecule is CN(CCOc1ccc2c(ccc3onc(C4CCC(=O)NC4=O)c32)c1)C(=O)OC(C)(C)C. The van der Waals surface area contributed by atoms with E-state index < -0.39 is 17.6 Å². The van der Waals surface area contributed by atoms with Crippen molar-refractivity contribution in [1.82, 2.24) is 15.4 Å². The fourth-order valence-electron chi connectivity index (χ4n) is 3.79. The minimum absolute atomic E-state index is 0.269. The monoisotopic (exact) mass is 453 g/mol. The lowest BCUT2D eigenvalue weighted by Crippen LogP contribution is -2.39. The van der Waals surface area contributed by atoms with Crippen LogP contribution in [-0.4, -0.2) is 53.8 Å². The zero-order valence-electron chi connectivity index (χ0n) is 19.1. The van der Waals surface area contributed by atoms with Crippen molar-refractivity contribution in [2.75, 3.05) is 20.2 Å². The molecular formula is C24H27N3O6. The number of rotatable bonds is 5. The van der Waals surface area contributed by atoms with Crippen molar-refractivity contribution >= 4 is 39.6 Å². The topological polar surface area (TPSA) is 111 Å². The summed E-state index contributed by atoms with van der Waals surface area (Å²) in [5, 5.41) is 9.07. The minimum Gasteiger partial charge on any atom is -0.492 e. The number of fused-ring (bicyclic) bond motifs is 3. The third-order valence-corrected chi connectivity index (χ3v) is 5.42. The van der Waals surface area contributed by atoms with Crippen LogP contribution in [0.2, 0.25) is 0 Å². The lowest BCUT2D eigenvalue weighted by Gasteiger charge is -2.24. The van der Waals surface area contributed by atoms with Crippen LogP contribution in [0.1, 0.15) is 45.2 Å². The maximum atomic E-state index is 12.4. The number of hydrogen-bond donors (Lipinski definition) is 1. The number of ether oxygens (including phenoxy) is 2. The van der Waals surface area contributed by atoms with Crippen LogP contribution in [0.5, 0.6) is 5.75 Å². The lowest BCUT2D eigenvalue weighted by atomic mass is 9.91. The fraction of sp³-hybridized carbons (Fsp3) is 0.417. The van der Waals surface area contributed by atoms with Crippen LogP contribution in [0.25, 0.3) is 21.7 Å². The van der Waals surface area contributed by atoms with E-state index in [1.54, 1.807) is 13.1 Å². The van der Waals surface area contributed by atoms with Gasteiger partial charge < -0.3 is 18.9 Å². The van der Waals surface area contributed by atoms with Crippen molar-refractivity contribution in [3.63, 3.8) is 0 Å². The Bertz CT molecular complexity index is 1230. The van der Waals surface area contributed by atoms with E-state index in [4.69, 9.17) is 14.0 Å². The van der Waals surface area contributed by atoms with Gasteiger partial charge in [0.05, 0.1) is 17.8 Å². The van der Waals surface area contributed by atoms with Gasteiger partial charge >= 0.3 is 6.09 Å². The number of nitrogens with one attached hydrogen (secondary N) is 1. The Labute approximate surface area is 191 Å². The first-order valence-electron chi connectivity index (χ1n) is 10.8. The Balaban J connectivity index is 1.50. The van der Waals surface area contributed by atoms with E-state index in [0.29, 0.717) is 36.6 Å². The molecule has 1 saturated heterocycles. The zero-order valence-corrected chi connectivity index (χ0v) is 19.1. The molecule has 1 unspecified atom stereocenters. The number of aromatic nitrogens is 1. The van der Waals surface area contributed by atoms with Crippen LogP contribution in [0.4, 0.5) is 4.79 Å². The van der Waals surface area contributed by atoms with E-state index in [2.05, 4.69) is 10.5 Å². The van der Waals surface area contributed by atoms with E-state index in [1.165, 1.54) is 4.90 Å². The van der Waals surface area contributed by atoms with Crippen molar-refractivity contribution in [3.8, 4) is 5.75 Å². The lowest BCUT2D eigenvalue weighted by molar-refractivity contribution is -0.134. The van der Waals surface area contributed by atoms with Gasteiger partial charge in [0, 0.05) is 13.5 Å². The molecular weight excluding hydrogens is 426 g/mol. The van der Waals surface area contributed by atoms with E-state index in [1.807, 2.05) is 45.0 Å². The second kappa shape index (κ2) is 8.73. The second-order valence-electron chi connectivity index (χ2n) is 9.14. The highest BCUT2D eigenvalue weighted by Gasteiger charge is 2.32. The number of benzene rings is 2. The largest absolute Gasteiger partial charge is 0.492 e. The third kappa shape index (κ3) is 4.92. The maximum absolute atomic E-state index is 12.4. The second-order valence-corrected chi connectivity index (χ2v) is 9.14. The molecule has 1 atom stereocenters. The number of imide groups is 1. The Kier molecular flexibility index (Phi) is 5.97. The predicted octanol–water partition coefficient (Wildman–Crippen LogP) is 3.75. The van der Waals surface area contributed by atoms with Crippen LogP contribution < -0.4 is 10.1 Å². The Morgan fingerprint density at radius 1 is 1.24 bits per heavy atom. The van der Waals surface area contributed by atoms with Gasteiger partial charge in [-0.1, -0.05) is 11.2 Å². The quantitative estimate of drug-likeness (QED) is 0.586. The summed E-state index contributed by atoms with van der Waals surface area (Å²) in [5.41, 5.74) is 0.563. The standard InChI is InChI=1S/C24H27N3O6/c1-24(2,3)32-23(30)27(4)11-12-31-15-6-7-16-14(13-15)5-9-18-20(16)21(26-33-18)17-8-10-19(28)25-22(17)29/h5-7,9,13,17H,8,10-12H2,1-4H3,(H,25,28,29). The van der Waals surface area contributed by atoms with Crippen molar-refractivity contribution in [2.24, 2.45) is 0 Å². The Morgan fingerprint density at radius 2 is 2.03 bits per heavy atom. The molecule has 0 spiro atoms. The summed E-state index contributed by atoms with van der Waals surface area (Å²) in [5.74, 6) is -0.507. The van der Waals surface area contributed by atoms with Crippen molar-refractivity contribution < 1.29 is 28.4 Å². The van der Waals surface area contributed by atoms with Gasteiger partial charge in [0.25, 0.3) is 0 Å². The number of nitrogens with zero attached hydrogens (tertiary/aromatic N) is 2. The molecule has 9 nitrogen and oxygen atoms in total. The molecule has 1 N–H and O–H groups in total. The summed E-state index contributed by atoms with van der Waals surface area (Å²) in [6.07, 6.45) is 0.265. The smallest absolute Gasteiger partial charge is 0.410 e. The molecule has 33 heavy (non-hydrogen) atoms. The first-order chi connectivity index (χ1) is 15.6. The first kappa shape index (κ1) is 22.6. The van der Waals surface area contributed by atoms with Gasteiger partial charge in [-0.05, 0) is 62.2 Å². The minimum atomic E-state index is -0.551. The molecule has 0 bridgehead atoms. The van der Waals surface area contributed by atoms with Crippen LogP contribution in [0.15, 0.2) is 34.9 Å². The van der Waals surface area contributed by atoms with E-state index in [0.717, 1.165) is 16.2 Å². The normalized spacial score (nSPS) is 16.7. The number of amides is 3. The Hall–Kier alpha value is -3.62. The van der Waals surface area contributed by atoms with Crippen LogP contribution in [-0.2, 0) is 14.3 Å². The van der Waals surface area contributed by atoms with Gasteiger partial charge in [0.15, 0.2) is 5.58 Å². The molecule has 3 aromatic rings. The van der Waals surface area contributed by atoms with Gasteiger partial charge in [-0.3, -0.25) is 14.9 Å². The number of likely N-dealkylation sites (N-methyl/N-ethyl adjacent to an activating group) is 1. The fourth-order valence-corrected chi connectivity index (χ4v) is 3.79. The summed E-state index contributed by atoms with van der Waals surface area (Å²) < 4.78 is 16.6. The highest BCUT2D eigenvalue weighted by atomic mass is 16.6. The van der Waals surface area contributed by atoms with Gasteiger partial charge in [0.1, 0.15) is 23.7 Å². The van der Waals surface area contributed by atoms with Crippen molar-refractivity contribution in [1.29, 1.82) is 0 Å². The molecule has 1 aromatic heterocycles. The summed E-state index contributed by atoms with van der Waals surface area (Å²) in [6.45, 7) is 6.14. The van der Waals surface area contributed by atoms with Crippen LogP contribution in [0, 0.1) is 0 Å². The molecule has 3 amide bonds. The zero-order chi connectivity index (χ0) is 23.8. The summed E-state index contributed by atoms with van der Waals surface area (Å²) in [4.78, 5) is 37.4. The molecule has 1 aliphatic rings. The average Bonchev–Trinajstić information content (AvgIpc) is 3.16. The number of piperidine rings is 1. The molecule has 1 aliphatic heterocycles. The van der Waals surface area contributed by atoms with E-state index in [9.17, 15) is 14.4 Å². The number of carbonyl (C=O) groups excluding carboxylic acids is 3. The number of hydrogen-bond acceptors (Lipinski definition) is 7.